The molecule has 0 spiro atoms. The van der Waals surface area contributed by atoms with Gasteiger partial charge in [-0.05, 0) is 53.2 Å². The van der Waals surface area contributed by atoms with Gasteiger partial charge in [0.15, 0.2) is 0 Å². The number of benzene rings is 1. The molecule has 0 bridgehead atoms. The molecule has 0 N–H and O–H groups in total. The van der Waals surface area contributed by atoms with Crippen molar-refractivity contribution in [2.45, 2.75) is 19.1 Å². The maximum Gasteiger partial charge on any atom is 0.143 e. The van der Waals surface area contributed by atoms with Gasteiger partial charge in [0, 0.05) is 45.0 Å². The highest BCUT2D eigenvalue weighted by Crippen LogP contribution is 2.41. The lowest BCUT2D eigenvalue weighted by atomic mass is 9.98. The number of aldehydes is 1. The Bertz CT molecular complexity index is 1060. The van der Waals surface area contributed by atoms with Gasteiger partial charge in [-0.25, -0.2) is 0 Å². The van der Waals surface area contributed by atoms with Gasteiger partial charge < -0.3 is 4.90 Å². The molecule has 156 valence electrons. The third kappa shape index (κ3) is 4.48. The summed E-state index contributed by atoms with van der Waals surface area (Å²) in [7, 11) is 4.54. The van der Waals surface area contributed by atoms with Crippen LogP contribution in [0.1, 0.15) is 18.9 Å². The number of hydrogen-bond donors (Lipinski definition) is 0. The van der Waals surface area contributed by atoms with Gasteiger partial charge in [0.25, 0.3) is 0 Å². The first-order valence-corrected chi connectivity index (χ1v) is 11.5. The molecule has 0 aliphatic carbocycles. The van der Waals surface area contributed by atoms with Gasteiger partial charge in [-0.1, -0.05) is 39.8 Å². The molecule has 1 aromatic carbocycles. The number of carbonyl (C=O) groups is 1. The van der Waals surface area contributed by atoms with E-state index in [0.717, 1.165) is 54.1 Å². The molecular weight excluding hydrogens is 391 g/mol. The van der Waals surface area contributed by atoms with Gasteiger partial charge in [-0.15, -0.1) is 0 Å². The van der Waals surface area contributed by atoms with Crippen molar-refractivity contribution in [3.63, 3.8) is 0 Å². The zero-order chi connectivity index (χ0) is 21.1. The van der Waals surface area contributed by atoms with Gasteiger partial charge in [-0.3, -0.25) is 14.4 Å². The molecule has 0 amide bonds. The summed E-state index contributed by atoms with van der Waals surface area (Å²) in [4.78, 5) is 16.1. The summed E-state index contributed by atoms with van der Waals surface area (Å²) in [5, 5.41) is 6.61. The van der Waals surface area contributed by atoms with Crippen LogP contribution in [-0.2, 0) is 11.8 Å². The summed E-state index contributed by atoms with van der Waals surface area (Å²) < 4.78 is 1.82. The highest BCUT2D eigenvalue weighted by Gasteiger charge is 2.20. The number of rotatable bonds is 6. The van der Waals surface area contributed by atoms with Gasteiger partial charge in [0.05, 0.1) is 11.3 Å². The van der Waals surface area contributed by atoms with Crippen molar-refractivity contribution in [2.24, 2.45) is 7.05 Å². The van der Waals surface area contributed by atoms with E-state index in [0.29, 0.717) is 8.58 Å². The van der Waals surface area contributed by atoms with Crippen molar-refractivity contribution < 1.29 is 4.79 Å². The molecule has 2 aliphatic rings. The van der Waals surface area contributed by atoms with E-state index in [1.165, 1.54) is 11.1 Å². The zero-order valence-corrected chi connectivity index (χ0v) is 18.9. The standard InChI is InChI=1S/C24H29N4OP/c1-4-28-12-9-18(10-13-28)20-6-8-24(26(2)16-20)30-23(11-14-29)19-5-7-22-21(15-19)17-27(3)25-22/h5-9,11,14-17,24,30H,4,10,12-13H2,1-3H3/b23-11-. The van der Waals surface area contributed by atoms with Crippen LogP contribution in [0.15, 0.2) is 66.0 Å². The van der Waals surface area contributed by atoms with Gasteiger partial charge in [0.2, 0.25) is 0 Å². The number of nitrogens with zero attached hydrogens (tertiary/aromatic N) is 4. The van der Waals surface area contributed by atoms with Crippen LogP contribution in [0.3, 0.4) is 0 Å². The zero-order valence-electron chi connectivity index (χ0n) is 17.9. The first-order chi connectivity index (χ1) is 14.6. The maximum absolute atomic E-state index is 11.3. The number of aryl methyl sites for hydroxylation is 1. The van der Waals surface area contributed by atoms with Crippen LogP contribution in [-0.4, -0.2) is 58.3 Å². The highest BCUT2D eigenvalue weighted by molar-refractivity contribution is 7.51. The largest absolute Gasteiger partial charge is 0.370 e. The minimum Gasteiger partial charge on any atom is -0.370 e. The van der Waals surface area contributed by atoms with Crippen molar-refractivity contribution in [3.8, 4) is 0 Å². The first-order valence-electron chi connectivity index (χ1n) is 10.5. The quantitative estimate of drug-likeness (QED) is 0.400. The Morgan fingerprint density at radius 2 is 2.20 bits per heavy atom. The Balaban J connectivity index is 1.50. The lowest BCUT2D eigenvalue weighted by molar-refractivity contribution is -0.104. The smallest absolute Gasteiger partial charge is 0.143 e. The fraction of sp³-hybridized carbons (Fsp3) is 0.333. The van der Waals surface area contributed by atoms with Crippen molar-refractivity contribution in [1.29, 1.82) is 0 Å². The fourth-order valence-electron chi connectivity index (χ4n) is 4.05. The molecule has 2 atom stereocenters. The molecule has 4 rings (SSSR count). The minimum absolute atomic E-state index is 0.251. The highest BCUT2D eigenvalue weighted by atomic mass is 31.1. The van der Waals surface area contributed by atoms with Crippen LogP contribution < -0.4 is 0 Å². The SMILES string of the molecule is CCN1CC=C(C2=CN(C)C(P/C(=C\C=O)c3ccc4nn(C)cc4c3)C=C2)CC1. The van der Waals surface area contributed by atoms with E-state index in [-0.39, 0.29) is 5.78 Å². The third-order valence-electron chi connectivity index (χ3n) is 5.82. The van der Waals surface area contributed by atoms with Gasteiger partial charge in [0.1, 0.15) is 6.29 Å². The summed E-state index contributed by atoms with van der Waals surface area (Å²) >= 11 is 0. The predicted octanol–water partition coefficient (Wildman–Crippen LogP) is 4.16. The Morgan fingerprint density at radius 3 is 2.90 bits per heavy atom. The van der Waals surface area contributed by atoms with Crippen LogP contribution in [0.2, 0.25) is 0 Å². The van der Waals surface area contributed by atoms with Crippen LogP contribution in [0.4, 0.5) is 0 Å². The molecule has 0 radical (unpaired) electrons. The van der Waals surface area contributed by atoms with Crippen LogP contribution in [0, 0.1) is 0 Å². The topological polar surface area (TPSA) is 41.4 Å². The average Bonchev–Trinajstić information content (AvgIpc) is 3.14. The van der Waals surface area contributed by atoms with E-state index in [9.17, 15) is 4.79 Å². The summed E-state index contributed by atoms with van der Waals surface area (Å²) in [6.07, 6.45) is 14.9. The Hall–Kier alpha value is -2.49. The van der Waals surface area contributed by atoms with E-state index < -0.39 is 0 Å². The lowest BCUT2D eigenvalue weighted by Gasteiger charge is -2.31. The second kappa shape index (κ2) is 9.11. The van der Waals surface area contributed by atoms with E-state index in [2.05, 4.69) is 65.4 Å². The van der Waals surface area contributed by atoms with Crippen molar-refractivity contribution in [3.05, 3.63) is 71.6 Å². The van der Waals surface area contributed by atoms with Crippen LogP contribution >= 0.6 is 8.58 Å². The summed E-state index contributed by atoms with van der Waals surface area (Å²) in [6, 6.07) is 6.23. The predicted molar refractivity (Wildman–Crippen MR) is 127 cm³/mol. The lowest BCUT2D eigenvalue weighted by Crippen LogP contribution is -2.29. The Kier molecular flexibility index (Phi) is 6.31. The van der Waals surface area contributed by atoms with Crippen molar-refractivity contribution >= 4 is 31.1 Å². The van der Waals surface area contributed by atoms with Crippen LogP contribution in [0.25, 0.3) is 16.2 Å². The average molecular weight is 420 g/mol. The number of carbonyl (C=O) groups excluding carboxylic acids is 1. The molecule has 3 heterocycles. The molecule has 2 aliphatic heterocycles. The molecular formula is C24H29N4OP. The van der Waals surface area contributed by atoms with Gasteiger partial charge >= 0.3 is 0 Å². The molecule has 2 unspecified atom stereocenters. The summed E-state index contributed by atoms with van der Waals surface area (Å²) in [5.41, 5.74) is 4.81. The second-order valence-corrected chi connectivity index (χ2v) is 9.28. The van der Waals surface area contributed by atoms with E-state index in [4.69, 9.17) is 0 Å². The summed E-state index contributed by atoms with van der Waals surface area (Å²) in [6.45, 7) is 5.49. The molecule has 2 aromatic rings. The minimum atomic E-state index is 0.251. The van der Waals surface area contributed by atoms with E-state index in [1.807, 2.05) is 24.0 Å². The molecule has 5 nitrogen and oxygen atoms in total. The number of aromatic nitrogens is 2. The van der Waals surface area contributed by atoms with Gasteiger partial charge in [-0.2, -0.15) is 5.10 Å². The number of likely N-dealkylation sites (N-methyl/N-ethyl adjacent to an activating group) is 2. The summed E-state index contributed by atoms with van der Waals surface area (Å²) in [5.74, 6) is 0.251. The fourth-order valence-corrected chi connectivity index (χ4v) is 5.32. The molecule has 0 saturated heterocycles. The van der Waals surface area contributed by atoms with Crippen molar-refractivity contribution in [1.82, 2.24) is 19.6 Å². The molecule has 30 heavy (non-hydrogen) atoms. The van der Waals surface area contributed by atoms with Crippen LogP contribution in [0.5, 0.6) is 0 Å². The van der Waals surface area contributed by atoms with E-state index >= 15 is 0 Å². The maximum atomic E-state index is 11.3. The second-order valence-electron chi connectivity index (χ2n) is 7.86. The van der Waals surface area contributed by atoms with Crippen molar-refractivity contribution in [2.75, 3.05) is 26.7 Å². The number of hydrogen-bond acceptors (Lipinski definition) is 4. The molecule has 0 saturated carbocycles. The Morgan fingerprint density at radius 1 is 1.33 bits per heavy atom. The molecule has 1 aromatic heterocycles. The first kappa shape index (κ1) is 20.8. The molecule has 6 heteroatoms. The monoisotopic (exact) mass is 420 g/mol. The normalized spacial score (nSPS) is 20.8. The third-order valence-corrected chi connectivity index (χ3v) is 7.48. The van der Waals surface area contributed by atoms with E-state index in [1.54, 1.807) is 6.08 Å². The number of allylic oxidation sites excluding steroid dienone is 3. The number of fused-ring (bicyclic) bond motifs is 1. The molecule has 0 fully saturated rings. The Labute approximate surface area is 180 Å².